The van der Waals surface area contributed by atoms with Crippen LogP contribution in [0, 0.1) is 12.7 Å². The van der Waals surface area contributed by atoms with E-state index in [0.29, 0.717) is 37.8 Å². The Balaban J connectivity index is 1.62. The predicted octanol–water partition coefficient (Wildman–Crippen LogP) is 4.37. The Morgan fingerprint density at radius 1 is 1.04 bits per heavy atom. The zero-order valence-corrected chi connectivity index (χ0v) is 17.1. The van der Waals surface area contributed by atoms with Crippen molar-refractivity contribution in [2.45, 2.75) is 39.7 Å². The minimum absolute atomic E-state index is 0.0237. The maximum Gasteiger partial charge on any atom is 0.263 e. The van der Waals surface area contributed by atoms with Crippen molar-refractivity contribution in [2.75, 3.05) is 31.1 Å². The van der Waals surface area contributed by atoms with Gasteiger partial charge in [0, 0.05) is 26.2 Å². The van der Waals surface area contributed by atoms with Gasteiger partial charge in [-0.2, -0.15) is 0 Å². The Kier molecular flexibility index (Phi) is 6.22. The Bertz CT molecular complexity index is 829. The maximum atomic E-state index is 14.0. The zero-order chi connectivity index (χ0) is 20.3. The molecule has 150 valence electrons. The number of hydrogen-bond acceptors (Lipinski definition) is 3. The quantitative estimate of drug-likeness (QED) is 0.767. The molecular weight excluding hydrogens is 355 g/mol. The van der Waals surface area contributed by atoms with E-state index in [1.165, 1.54) is 6.07 Å². The van der Waals surface area contributed by atoms with E-state index >= 15 is 0 Å². The van der Waals surface area contributed by atoms with E-state index in [4.69, 9.17) is 4.74 Å². The largest absolute Gasteiger partial charge is 0.481 e. The molecule has 1 aliphatic rings. The van der Waals surface area contributed by atoms with Crippen molar-refractivity contribution in [3.05, 3.63) is 59.4 Å². The number of rotatable bonds is 5. The van der Waals surface area contributed by atoms with E-state index in [2.05, 4.69) is 26.0 Å². The fraction of sp³-hybridized carbons (Fsp3) is 0.435. The van der Waals surface area contributed by atoms with Crippen LogP contribution in [0.1, 0.15) is 37.8 Å². The van der Waals surface area contributed by atoms with Crippen LogP contribution < -0.4 is 9.64 Å². The van der Waals surface area contributed by atoms with Crippen LogP contribution in [0.4, 0.5) is 10.1 Å². The highest BCUT2D eigenvalue weighted by atomic mass is 19.1. The van der Waals surface area contributed by atoms with Gasteiger partial charge in [-0.15, -0.1) is 0 Å². The van der Waals surface area contributed by atoms with Crippen molar-refractivity contribution in [3.8, 4) is 5.75 Å². The lowest BCUT2D eigenvalue weighted by Gasteiger charge is -2.37. The topological polar surface area (TPSA) is 32.8 Å². The molecule has 0 bridgehead atoms. The number of anilines is 1. The first-order valence-corrected chi connectivity index (χ1v) is 9.92. The monoisotopic (exact) mass is 384 g/mol. The summed E-state index contributed by atoms with van der Waals surface area (Å²) in [5.41, 5.74) is 2.81. The van der Waals surface area contributed by atoms with Gasteiger partial charge in [0.1, 0.15) is 11.6 Å². The molecule has 0 spiro atoms. The van der Waals surface area contributed by atoms with Crippen molar-refractivity contribution < 1.29 is 13.9 Å². The van der Waals surface area contributed by atoms with E-state index in [9.17, 15) is 9.18 Å². The third-order valence-electron chi connectivity index (χ3n) is 5.23. The van der Waals surface area contributed by atoms with Crippen molar-refractivity contribution in [3.63, 3.8) is 0 Å². The first kappa shape index (κ1) is 20.2. The Hall–Kier alpha value is -2.56. The number of para-hydroxylation sites is 1. The summed E-state index contributed by atoms with van der Waals surface area (Å²) in [6.07, 6.45) is -0.556. The van der Waals surface area contributed by atoms with Gasteiger partial charge in [-0.25, -0.2) is 4.39 Å². The smallest absolute Gasteiger partial charge is 0.263 e. The molecule has 0 radical (unpaired) electrons. The predicted molar refractivity (Wildman–Crippen MR) is 111 cm³/mol. The molecule has 5 heteroatoms. The normalized spacial score (nSPS) is 15.6. The van der Waals surface area contributed by atoms with Gasteiger partial charge in [0.25, 0.3) is 5.91 Å². The number of hydrogen-bond donors (Lipinski definition) is 0. The summed E-state index contributed by atoms with van der Waals surface area (Å²) < 4.78 is 20.1. The summed E-state index contributed by atoms with van der Waals surface area (Å²) in [7, 11) is 0. The van der Waals surface area contributed by atoms with Gasteiger partial charge < -0.3 is 14.5 Å². The molecule has 0 unspecified atom stereocenters. The molecule has 0 aliphatic carbocycles. The average Bonchev–Trinajstić information content (AvgIpc) is 2.68. The van der Waals surface area contributed by atoms with Gasteiger partial charge in [0.2, 0.25) is 0 Å². The van der Waals surface area contributed by atoms with Gasteiger partial charge in [0.15, 0.2) is 6.10 Å². The van der Waals surface area contributed by atoms with E-state index < -0.39 is 6.10 Å². The molecule has 1 amide bonds. The number of amides is 1. The number of carbonyl (C=O) groups is 1. The fourth-order valence-corrected chi connectivity index (χ4v) is 3.59. The highest BCUT2D eigenvalue weighted by molar-refractivity contribution is 5.81. The molecule has 2 aromatic carbocycles. The number of piperazine rings is 1. The third kappa shape index (κ3) is 4.46. The van der Waals surface area contributed by atoms with Crippen molar-refractivity contribution in [1.82, 2.24) is 4.90 Å². The molecular formula is C23H29FN2O2. The Labute approximate surface area is 166 Å². The van der Waals surface area contributed by atoms with Gasteiger partial charge in [-0.1, -0.05) is 38.1 Å². The van der Waals surface area contributed by atoms with Gasteiger partial charge in [-0.3, -0.25) is 4.79 Å². The second-order valence-corrected chi connectivity index (χ2v) is 7.72. The lowest BCUT2D eigenvalue weighted by molar-refractivity contribution is -0.138. The minimum atomic E-state index is -0.556. The molecule has 0 aromatic heterocycles. The van der Waals surface area contributed by atoms with E-state index in [-0.39, 0.29) is 11.7 Å². The minimum Gasteiger partial charge on any atom is -0.481 e. The average molecular weight is 384 g/mol. The summed E-state index contributed by atoms with van der Waals surface area (Å²) in [5, 5.41) is 0. The Morgan fingerprint density at radius 2 is 1.71 bits per heavy atom. The molecule has 28 heavy (non-hydrogen) atoms. The highest BCUT2D eigenvalue weighted by Crippen LogP contribution is 2.29. The second-order valence-electron chi connectivity index (χ2n) is 7.72. The number of halogens is 1. The summed E-state index contributed by atoms with van der Waals surface area (Å²) in [4.78, 5) is 16.7. The number of nitrogens with zero attached hydrogens (tertiary/aromatic N) is 2. The molecule has 1 aliphatic heterocycles. The molecule has 1 atom stereocenters. The van der Waals surface area contributed by atoms with Crippen LogP contribution in [0.25, 0.3) is 0 Å². The zero-order valence-electron chi connectivity index (χ0n) is 17.1. The number of ether oxygens (including phenoxy) is 1. The molecule has 2 aromatic rings. The molecule has 1 saturated heterocycles. The van der Waals surface area contributed by atoms with Crippen LogP contribution in [-0.4, -0.2) is 43.1 Å². The van der Waals surface area contributed by atoms with Gasteiger partial charge in [-0.05, 0) is 49.1 Å². The van der Waals surface area contributed by atoms with Crippen LogP contribution in [0.15, 0.2) is 42.5 Å². The van der Waals surface area contributed by atoms with Crippen molar-refractivity contribution in [1.29, 1.82) is 0 Å². The highest BCUT2D eigenvalue weighted by Gasteiger charge is 2.27. The summed E-state index contributed by atoms with van der Waals surface area (Å²) in [6, 6.07) is 12.9. The Morgan fingerprint density at radius 3 is 2.36 bits per heavy atom. The molecule has 1 heterocycles. The molecule has 0 N–H and O–H groups in total. The van der Waals surface area contributed by atoms with E-state index in [1.54, 1.807) is 19.1 Å². The second kappa shape index (κ2) is 8.63. The fourth-order valence-electron chi connectivity index (χ4n) is 3.59. The number of aryl methyl sites for hydroxylation is 1. The van der Waals surface area contributed by atoms with Crippen LogP contribution in [0.5, 0.6) is 5.75 Å². The lowest BCUT2D eigenvalue weighted by Crippen LogP contribution is -2.52. The van der Waals surface area contributed by atoms with Crippen LogP contribution in [0.3, 0.4) is 0 Å². The van der Waals surface area contributed by atoms with Gasteiger partial charge >= 0.3 is 0 Å². The first-order chi connectivity index (χ1) is 13.4. The SMILES string of the molecule is Cc1ccc(C(C)C)c(O[C@H](C)C(=O)N2CCN(c3ccccc3F)CC2)c1. The van der Waals surface area contributed by atoms with Crippen molar-refractivity contribution in [2.24, 2.45) is 0 Å². The van der Waals surface area contributed by atoms with Crippen LogP contribution in [0.2, 0.25) is 0 Å². The van der Waals surface area contributed by atoms with Crippen LogP contribution >= 0.6 is 0 Å². The molecule has 4 nitrogen and oxygen atoms in total. The molecule has 1 fully saturated rings. The number of carbonyl (C=O) groups excluding carboxylic acids is 1. The van der Waals surface area contributed by atoms with Crippen molar-refractivity contribution >= 4 is 11.6 Å². The first-order valence-electron chi connectivity index (χ1n) is 9.92. The van der Waals surface area contributed by atoms with Crippen LogP contribution in [-0.2, 0) is 4.79 Å². The van der Waals surface area contributed by atoms with Gasteiger partial charge in [0.05, 0.1) is 5.69 Å². The number of benzene rings is 2. The molecule has 0 saturated carbocycles. The summed E-state index contributed by atoms with van der Waals surface area (Å²) >= 11 is 0. The maximum absolute atomic E-state index is 14.0. The van der Waals surface area contributed by atoms with E-state index in [1.807, 2.05) is 28.9 Å². The lowest BCUT2D eigenvalue weighted by atomic mass is 10.0. The molecule has 3 rings (SSSR count). The van der Waals surface area contributed by atoms with E-state index in [0.717, 1.165) is 16.9 Å². The summed E-state index contributed by atoms with van der Waals surface area (Å²) in [5.74, 6) is 0.854. The standard InChI is InChI=1S/C23H29FN2O2/c1-16(2)19-10-9-17(3)15-22(19)28-18(4)23(27)26-13-11-25(12-14-26)21-8-6-5-7-20(21)24/h5-10,15-16,18H,11-14H2,1-4H3/t18-/m1/s1. The third-order valence-corrected chi connectivity index (χ3v) is 5.23. The summed E-state index contributed by atoms with van der Waals surface area (Å²) in [6.45, 7) is 10.4.